The number of alkyl halides is 3. The molecule has 1 rings (SSSR count). The summed E-state index contributed by atoms with van der Waals surface area (Å²) in [5.41, 5.74) is -5.30. The maximum Gasteiger partial charge on any atom is 0.446 e. The number of ether oxygens (including phenoxy) is 2. The SMILES string of the molecule is CCOC(=O)c1c(OC)ccc(C#N)c1SC(F)(F)F. The quantitative estimate of drug-likeness (QED) is 0.630. The van der Waals surface area contributed by atoms with Crippen LogP contribution >= 0.6 is 11.8 Å². The summed E-state index contributed by atoms with van der Waals surface area (Å²) in [4.78, 5) is 11.3. The van der Waals surface area contributed by atoms with Gasteiger partial charge in [0.1, 0.15) is 17.4 Å². The molecule has 0 spiro atoms. The van der Waals surface area contributed by atoms with Crippen molar-refractivity contribution in [1.29, 1.82) is 5.26 Å². The van der Waals surface area contributed by atoms with Crippen molar-refractivity contribution in [3.05, 3.63) is 23.3 Å². The summed E-state index contributed by atoms with van der Waals surface area (Å²) in [5, 5.41) is 8.89. The van der Waals surface area contributed by atoms with E-state index in [9.17, 15) is 18.0 Å². The van der Waals surface area contributed by atoms with Gasteiger partial charge in [-0.15, -0.1) is 0 Å². The topological polar surface area (TPSA) is 59.3 Å². The molecule has 0 heterocycles. The number of carbonyl (C=O) groups is 1. The van der Waals surface area contributed by atoms with Crippen LogP contribution in [0.3, 0.4) is 0 Å². The molecule has 108 valence electrons. The molecule has 0 aliphatic heterocycles. The summed E-state index contributed by atoms with van der Waals surface area (Å²) in [6.45, 7) is 1.52. The Morgan fingerprint density at radius 3 is 2.55 bits per heavy atom. The summed E-state index contributed by atoms with van der Waals surface area (Å²) in [5.74, 6) is -1.04. The van der Waals surface area contributed by atoms with E-state index in [1.807, 2.05) is 0 Å². The fraction of sp³-hybridized carbons (Fsp3) is 0.333. The lowest BCUT2D eigenvalue weighted by Crippen LogP contribution is -2.11. The average Bonchev–Trinajstić information content (AvgIpc) is 2.36. The summed E-state index contributed by atoms with van der Waals surface area (Å²) in [6.07, 6.45) is 0. The van der Waals surface area contributed by atoms with Gasteiger partial charge in [-0.05, 0) is 30.8 Å². The number of nitriles is 1. The van der Waals surface area contributed by atoms with Crippen LogP contribution in [0.4, 0.5) is 13.2 Å². The third kappa shape index (κ3) is 3.81. The number of carbonyl (C=O) groups excluding carboxylic acids is 1. The fourth-order valence-corrected chi connectivity index (χ4v) is 2.18. The van der Waals surface area contributed by atoms with Crippen molar-refractivity contribution >= 4 is 17.7 Å². The zero-order valence-corrected chi connectivity index (χ0v) is 11.4. The zero-order chi connectivity index (χ0) is 15.3. The van der Waals surface area contributed by atoms with E-state index in [1.165, 1.54) is 20.1 Å². The lowest BCUT2D eigenvalue weighted by Gasteiger charge is -2.15. The van der Waals surface area contributed by atoms with Crippen LogP contribution in [0.5, 0.6) is 5.75 Å². The van der Waals surface area contributed by atoms with Crippen molar-refractivity contribution in [3.63, 3.8) is 0 Å². The van der Waals surface area contributed by atoms with Crippen LogP contribution in [0, 0.1) is 11.3 Å². The Bertz CT molecular complexity index is 552. The summed E-state index contributed by atoms with van der Waals surface area (Å²) in [7, 11) is 1.21. The van der Waals surface area contributed by atoms with Crippen molar-refractivity contribution in [3.8, 4) is 11.8 Å². The van der Waals surface area contributed by atoms with Crippen molar-refractivity contribution in [1.82, 2.24) is 0 Å². The molecule has 0 aliphatic carbocycles. The van der Waals surface area contributed by atoms with Crippen LogP contribution in [0.2, 0.25) is 0 Å². The number of thioether (sulfide) groups is 1. The number of hydrogen-bond acceptors (Lipinski definition) is 5. The van der Waals surface area contributed by atoms with E-state index in [0.29, 0.717) is 0 Å². The lowest BCUT2D eigenvalue weighted by atomic mass is 10.1. The first kappa shape index (κ1) is 16.2. The van der Waals surface area contributed by atoms with Gasteiger partial charge < -0.3 is 9.47 Å². The van der Waals surface area contributed by atoms with Gasteiger partial charge in [0.05, 0.1) is 24.2 Å². The highest BCUT2D eigenvalue weighted by atomic mass is 32.2. The second-order valence-corrected chi connectivity index (χ2v) is 4.47. The lowest BCUT2D eigenvalue weighted by molar-refractivity contribution is -0.0328. The number of nitrogens with zero attached hydrogens (tertiary/aromatic N) is 1. The Morgan fingerprint density at radius 2 is 2.10 bits per heavy atom. The fourth-order valence-electron chi connectivity index (χ4n) is 1.44. The molecule has 1 aromatic rings. The molecule has 0 aromatic heterocycles. The Hall–Kier alpha value is -1.88. The molecule has 0 unspecified atom stereocenters. The Balaban J connectivity index is 3.49. The highest BCUT2D eigenvalue weighted by Crippen LogP contribution is 2.43. The highest BCUT2D eigenvalue weighted by Gasteiger charge is 2.34. The second kappa shape index (κ2) is 6.52. The predicted octanol–water partition coefficient (Wildman–Crippen LogP) is 3.36. The zero-order valence-electron chi connectivity index (χ0n) is 10.6. The van der Waals surface area contributed by atoms with Crippen molar-refractivity contribution in [2.24, 2.45) is 0 Å². The van der Waals surface area contributed by atoms with Crippen LogP contribution in [0.25, 0.3) is 0 Å². The molecule has 0 N–H and O–H groups in total. The molecule has 8 heteroatoms. The van der Waals surface area contributed by atoms with E-state index in [-0.39, 0.29) is 17.9 Å². The van der Waals surface area contributed by atoms with E-state index in [2.05, 4.69) is 0 Å². The van der Waals surface area contributed by atoms with Gasteiger partial charge in [0.2, 0.25) is 0 Å². The van der Waals surface area contributed by atoms with Gasteiger partial charge in [0.25, 0.3) is 0 Å². The third-order valence-corrected chi connectivity index (χ3v) is 3.02. The van der Waals surface area contributed by atoms with Crippen LogP contribution in [0.15, 0.2) is 17.0 Å². The standard InChI is InChI=1S/C12H10F3NO3S/c1-3-19-11(17)9-8(18-2)5-4-7(6-16)10(9)20-12(13,14)15/h4-5H,3H2,1-2H3. The van der Waals surface area contributed by atoms with Crippen molar-refractivity contribution in [2.45, 2.75) is 17.3 Å². The number of esters is 1. The minimum Gasteiger partial charge on any atom is -0.496 e. The summed E-state index contributed by atoms with van der Waals surface area (Å²) >= 11 is -0.541. The van der Waals surface area contributed by atoms with Crippen LogP contribution in [-0.4, -0.2) is 25.2 Å². The third-order valence-electron chi connectivity index (χ3n) is 2.16. The number of benzene rings is 1. The van der Waals surface area contributed by atoms with Crippen molar-refractivity contribution < 1.29 is 27.4 Å². The molecular formula is C12H10F3NO3S. The first-order valence-corrected chi connectivity index (χ1v) is 6.19. The minimum absolute atomic E-state index is 0.00507. The average molecular weight is 305 g/mol. The van der Waals surface area contributed by atoms with E-state index >= 15 is 0 Å². The van der Waals surface area contributed by atoms with E-state index < -0.39 is 33.7 Å². The maximum atomic E-state index is 12.6. The minimum atomic E-state index is -4.64. The van der Waals surface area contributed by atoms with Gasteiger partial charge in [0.15, 0.2) is 0 Å². The van der Waals surface area contributed by atoms with Gasteiger partial charge in [-0.1, -0.05) is 0 Å². The molecule has 1 aromatic carbocycles. The highest BCUT2D eigenvalue weighted by molar-refractivity contribution is 8.00. The molecule has 0 saturated carbocycles. The number of methoxy groups -OCH3 is 1. The molecule has 0 amide bonds. The van der Waals surface area contributed by atoms with Crippen LogP contribution in [-0.2, 0) is 4.74 Å². The first-order chi connectivity index (χ1) is 9.34. The number of hydrogen-bond donors (Lipinski definition) is 0. The molecule has 20 heavy (non-hydrogen) atoms. The smallest absolute Gasteiger partial charge is 0.446 e. The summed E-state index contributed by atoms with van der Waals surface area (Å²) in [6, 6.07) is 4.04. The predicted molar refractivity (Wildman–Crippen MR) is 65.6 cm³/mol. The molecular weight excluding hydrogens is 295 g/mol. The van der Waals surface area contributed by atoms with E-state index in [0.717, 1.165) is 6.07 Å². The Morgan fingerprint density at radius 1 is 1.45 bits per heavy atom. The normalized spacial score (nSPS) is 10.8. The van der Waals surface area contributed by atoms with Gasteiger partial charge in [-0.25, -0.2) is 4.79 Å². The summed E-state index contributed by atoms with van der Waals surface area (Å²) < 4.78 is 47.3. The molecule has 0 aliphatic rings. The second-order valence-electron chi connectivity index (χ2n) is 3.40. The molecule has 0 fully saturated rings. The van der Waals surface area contributed by atoms with Gasteiger partial charge in [-0.2, -0.15) is 18.4 Å². The largest absolute Gasteiger partial charge is 0.496 e. The molecule has 0 bridgehead atoms. The maximum absolute atomic E-state index is 12.6. The van der Waals surface area contributed by atoms with E-state index in [4.69, 9.17) is 14.7 Å². The molecule has 0 atom stereocenters. The number of rotatable bonds is 4. The molecule has 4 nitrogen and oxygen atoms in total. The van der Waals surface area contributed by atoms with Gasteiger partial charge in [-0.3, -0.25) is 0 Å². The van der Waals surface area contributed by atoms with Crippen LogP contribution in [0.1, 0.15) is 22.8 Å². The van der Waals surface area contributed by atoms with E-state index in [1.54, 1.807) is 6.07 Å². The van der Waals surface area contributed by atoms with Crippen LogP contribution < -0.4 is 4.74 Å². The Labute approximate surface area is 117 Å². The molecule has 0 radical (unpaired) electrons. The van der Waals surface area contributed by atoms with Crippen molar-refractivity contribution in [2.75, 3.05) is 13.7 Å². The number of halogens is 3. The van der Waals surface area contributed by atoms with Gasteiger partial charge >= 0.3 is 11.5 Å². The monoisotopic (exact) mass is 305 g/mol. The molecule has 0 saturated heterocycles. The first-order valence-electron chi connectivity index (χ1n) is 5.38. The van der Waals surface area contributed by atoms with Gasteiger partial charge in [0, 0.05) is 0 Å². The Kier molecular flexibility index (Phi) is 5.27.